The molecule has 2 aromatic carbocycles. The Morgan fingerprint density at radius 1 is 1.12 bits per heavy atom. The lowest BCUT2D eigenvalue weighted by Gasteiger charge is -2.23. The van der Waals surface area contributed by atoms with Gasteiger partial charge in [-0.1, -0.05) is 30.3 Å². The predicted molar refractivity (Wildman–Crippen MR) is 92.8 cm³/mol. The first-order valence-electron chi connectivity index (χ1n) is 8.48. The van der Waals surface area contributed by atoms with Crippen LogP contribution < -0.4 is 10.2 Å². The number of carbonyl (C=O) groups excluding carboxylic acids is 2. The van der Waals surface area contributed by atoms with E-state index in [9.17, 15) is 14.0 Å². The molecule has 0 saturated heterocycles. The second kappa shape index (κ2) is 5.99. The number of fused-ring (bicyclic) bond motifs is 1. The lowest BCUT2D eigenvalue weighted by molar-refractivity contribution is -0.125. The Morgan fingerprint density at radius 3 is 2.56 bits per heavy atom. The highest BCUT2D eigenvalue weighted by Gasteiger charge is 2.43. The zero-order valence-corrected chi connectivity index (χ0v) is 13.9. The molecule has 4 rings (SSSR count). The minimum absolute atomic E-state index is 0.0514. The molecule has 1 saturated carbocycles. The number of benzene rings is 2. The van der Waals surface area contributed by atoms with Crippen LogP contribution in [-0.4, -0.2) is 23.9 Å². The van der Waals surface area contributed by atoms with Crippen molar-refractivity contribution in [2.75, 3.05) is 4.90 Å². The van der Waals surface area contributed by atoms with E-state index in [2.05, 4.69) is 5.32 Å². The minimum atomic E-state index is -0.496. The topological polar surface area (TPSA) is 49.4 Å². The van der Waals surface area contributed by atoms with Gasteiger partial charge in [-0.15, -0.1) is 0 Å². The summed E-state index contributed by atoms with van der Waals surface area (Å²) in [4.78, 5) is 26.4. The van der Waals surface area contributed by atoms with E-state index in [1.807, 2.05) is 24.3 Å². The SMILES string of the molecule is CC(=O)N1c2ccccc2C[C@H]1C(=O)N[C@@H]1C[C@@H]1c1ccc(F)cc1. The largest absolute Gasteiger partial charge is 0.351 e. The molecule has 2 aliphatic rings. The van der Waals surface area contributed by atoms with Gasteiger partial charge in [-0.3, -0.25) is 14.5 Å². The number of nitrogens with zero attached hydrogens (tertiary/aromatic N) is 1. The molecule has 1 aliphatic heterocycles. The molecular weight excluding hydrogens is 319 g/mol. The van der Waals surface area contributed by atoms with Gasteiger partial charge in [-0.25, -0.2) is 4.39 Å². The minimum Gasteiger partial charge on any atom is -0.351 e. The van der Waals surface area contributed by atoms with Gasteiger partial charge in [0, 0.05) is 31.0 Å². The second-order valence-electron chi connectivity index (χ2n) is 6.75. The molecule has 0 bridgehead atoms. The number of hydrogen-bond acceptors (Lipinski definition) is 2. The standard InChI is InChI=1S/C20H19FN2O2/c1-12(24)23-18-5-3-2-4-14(18)10-19(23)20(25)22-17-11-16(17)13-6-8-15(21)9-7-13/h2-9,16-17,19H,10-11H2,1H3,(H,22,25)/t16-,17-,19+/m1/s1. The Hall–Kier alpha value is -2.69. The van der Waals surface area contributed by atoms with Crippen LogP contribution in [0, 0.1) is 5.82 Å². The van der Waals surface area contributed by atoms with Crippen molar-refractivity contribution in [3.63, 3.8) is 0 Å². The normalized spacial score (nSPS) is 23.9. The van der Waals surface area contributed by atoms with Gasteiger partial charge in [0.2, 0.25) is 11.8 Å². The van der Waals surface area contributed by atoms with Crippen LogP contribution in [0.1, 0.15) is 30.4 Å². The number of halogens is 1. The highest BCUT2D eigenvalue weighted by molar-refractivity contribution is 6.02. The lowest BCUT2D eigenvalue weighted by Crippen LogP contribution is -2.48. The fourth-order valence-electron chi connectivity index (χ4n) is 3.70. The third-order valence-electron chi connectivity index (χ3n) is 5.03. The molecule has 1 fully saturated rings. The van der Waals surface area contributed by atoms with Gasteiger partial charge in [0.05, 0.1) is 0 Å². The smallest absolute Gasteiger partial charge is 0.243 e. The first-order valence-corrected chi connectivity index (χ1v) is 8.48. The number of rotatable bonds is 3. The van der Waals surface area contributed by atoms with Crippen molar-refractivity contribution in [1.29, 1.82) is 0 Å². The summed E-state index contributed by atoms with van der Waals surface area (Å²) in [5.41, 5.74) is 2.87. The molecule has 3 atom stereocenters. The quantitative estimate of drug-likeness (QED) is 0.935. The van der Waals surface area contributed by atoms with E-state index >= 15 is 0 Å². The molecule has 1 aliphatic carbocycles. The van der Waals surface area contributed by atoms with Crippen molar-refractivity contribution >= 4 is 17.5 Å². The van der Waals surface area contributed by atoms with Crippen molar-refractivity contribution < 1.29 is 14.0 Å². The van der Waals surface area contributed by atoms with E-state index in [0.717, 1.165) is 23.2 Å². The molecule has 128 valence electrons. The monoisotopic (exact) mass is 338 g/mol. The van der Waals surface area contributed by atoms with Crippen LogP contribution >= 0.6 is 0 Å². The summed E-state index contributed by atoms with van der Waals surface area (Å²) in [5.74, 6) is -0.290. The predicted octanol–water partition coefficient (Wildman–Crippen LogP) is 2.78. The summed E-state index contributed by atoms with van der Waals surface area (Å²) in [7, 11) is 0. The molecule has 1 N–H and O–H groups in total. The summed E-state index contributed by atoms with van der Waals surface area (Å²) in [6, 6.07) is 13.6. The highest BCUT2D eigenvalue weighted by atomic mass is 19.1. The maximum Gasteiger partial charge on any atom is 0.243 e. The fraction of sp³-hybridized carbons (Fsp3) is 0.300. The summed E-state index contributed by atoms with van der Waals surface area (Å²) < 4.78 is 13.0. The van der Waals surface area contributed by atoms with Crippen LogP contribution in [0.5, 0.6) is 0 Å². The van der Waals surface area contributed by atoms with Gasteiger partial charge in [-0.2, -0.15) is 0 Å². The number of anilines is 1. The molecule has 4 nitrogen and oxygen atoms in total. The van der Waals surface area contributed by atoms with Crippen LogP contribution in [0.15, 0.2) is 48.5 Å². The summed E-state index contributed by atoms with van der Waals surface area (Å²) in [6.45, 7) is 1.49. The number of amides is 2. The molecule has 0 radical (unpaired) electrons. The molecular formula is C20H19FN2O2. The van der Waals surface area contributed by atoms with Crippen molar-refractivity contribution in [3.05, 3.63) is 65.5 Å². The maximum absolute atomic E-state index is 13.0. The zero-order valence-electron chi connectivity index (χ0n) is 13.9. The molecule has 5 heteroatoms. The van der Waals surface area contributed by atoms with E-state index in [1.54, 1.807) is 17.0 Å². The van der Waals surface area contributed by atoms with Gasteiger partial charge in [0.25, 0.3) is 0 Å². The molecule has 25 heavy (non-hydrogen) atoms. The van der Waals surface area contributed by atoms with E-state index < -0.39 is 6.04 Å². The van der Waals surface area contributed by atoms with Crippen LogP contribution in [0.25, 0.3) is 0 Å². The van der Waals surface area contributed by atoms with Crippen LogP contribution in [0.3, 0.4) is 0 Å². The number of nitrogens with one attached hydrogen (secondary N) is 1. The third-order valence-corrected chi connectivity index (χ3v) is 5.03. The van der Waals surface area contributed by atoms with Gasteiger partial charge in [0.1, 0.15) is 11.9 Å². The Labute approximate surface area is 145 Å². The summed E-state index contributed by atoms with van der Waals surface area (Å²) in [5, 5.41) is 3.05. The van der Waals surface area contributed by atoms with E-state index in [1.165, 1.54) is 19.1 Å². The van der Waals surface area contributed by atoms with Gasteiger partial charge in [-0.05, 0) is 35.7 Å². The highest BCUT2D eigenvalue weighted by Crippen LogP contribution is 2.41. The van der Waals surface area contributed by atoms with Gasteiger partial charge < -0.3 is 5.32 Å². The van der Waals surface area contributed by atoms with Crippen molar-refractivity contribution in [2.45, 2.75) is 37.8 Å². The number of carbonyl (C=O) groups is 2. The molecule has 0 spiro atoms. The first-order chi connectivity index (χ1) is 12.0. The van der Waals surface area contributed by atoms with Crippen LogP contribution in [-0.2, 0) is 16.0 Å². The molecule has 0 aromatic heterocycles. The molecule has 1 heterocycles. The Balaban J connectivity index is 1.45. The van der Waals surface area contributed by atoms with Gasteiger partial charge in [0.15, 0.2) is 0 Å². The zero-order chi connectivity index (χ0) is 17.6. The average molecular weight is 338 g/mol. The second-order valence-corrected chi connectivity index (χ2v) is 6.75. The van der Waals surface area contributed by atoms with Crippen molar-refractivity contribution in [2.24, 2.45) is 0 Å². The summed E-state index contributed by atoms with van der Waals surface area (Å²) >= 11 is 0. The fourth-order valence-corrected chi connectivity index (χ4v) is 3.70. The van der Waals surface area contributed by atoms with Crippen LogP contribution in [0.4, 0.5) is 10.1 Å². The molecule has 2 aromatic rings. The summed E-state index contributed by atoms with van der Waals surface area (Å²) in [6.07, 6.45) is 1.38. The van der Waals surface area contributed by atoms with E-state index in [-0.39, 0.29) is 29.6 Å². The number of para-hydroxylation sites is 1. The number of hydrogen-bond donors (Lipinski definition) is 1. The third kappa shape index (κ3) is 2.90. The maximum atomic E-state index is 13.0. The first kappa shape index (κ1) is 15.8. The Bertz CT molecular complexity index is 834. The Kier molecular flexibility index (Phi) is 3.79. The lowest BCUT2D eigenvalue weighted by atomic mass is 10.1. The van der Waals surface area contributed by atoms with E-state index in [0.29, 0.717) is 6.42 Å². The molecule has 0 unspecified atom stereocenters. The van der Waals surface area contributed by atoms with Crippen molar-refractivity contribution in [3.8, 4) is 0 Å². The Morgan fingerprint density at radius 2 is 1.84 bits per heavy atom. The van der Waals surface area contributed by atoms with E-state index in [4.69, 9.17) is 0 Å². The van der Waals surface area contributed by atoms with Gasteiger partial charge >= 0.3 is 0 Å². The average Bonchev–Trinajstić information content (AvgIpc) is 3.23. The van der Waals surface area contributed by atoms with Crippen LogP contribution in [0.2, 0.25) is 0 Å². The van der Waals surface area contributed by atoms with Crippen molar-refractivity contribution in [1.82, 2.24) is 5.32 Å². The molecule has 2 amide bonds.